The lowest BCUT2D eigenvalue weighted by atomic mass is 9.97. The number of primary amides is 1. The zero-order valence-electron chi connectivity index (χ0n) is 17.3. The van der Waals surface area contributed by atoms with E-state index in [1.807, 2.05) is 0 Å². The summed E-state index contributed by atoms with van der Waals surface area (Å²) in [5.41, 5.74) is 4.79. The molecule has 2 saturated heterocycles. The first-order valence-corrected chi connectivity index (χ1v) is 13.1. The molecule has 2 heterocycles. The molecule has 0 aromatic carbocycles. The van der Waals surface area contributed by atoms with E-state index in [9.17, 15) is 19.2 Å². The Kier molecular flexibility index (Phi) is 6.42. The van der Waals surface area contributed by atoms with E-state index < -0.39 is 43.7 Å². The maximum absolute atomic E-state index is 12.9. The number of nitrogens with zero attached hydrogens (tertiary/aromatic N) is 1. The lowest BCUT2D eigenvalue weighted by Crippen LogP contribution is -2.53. The van der Waals surface area contributed by atoms with Crippen molar-refractivity contribution in [1.82, 2.24) is 15.5 Å². The van der Waals surface area contributed by atoms with Crippen LogP contribution in [0.2, 0.25) is 19.1 Å². The van der Waals surface area contributed by atoms with E-state index in [1.165, 1.54) is 4.90 Å². The molecule has 2 rings (SSSR count). The number of nitrogens with one attached hydrogen (secondary N) is 2. The van der Waals surface area contributed by atoms with Gasteiger partial charge < -0.3 is 21.1 Å². The van der Waals surface area contributed by atoms with Gasteiger partial charge in [-0.2, -0.15) is 0 Å². The predicted molar refractivity (Wildman–Crippen MR) is 106 cm³/mol. The summed E-state index contributed by atoms with van der Waals surface area (Å²) in [7, 11) is -1.81. The fourth-order valence-corrected chi connectivity index (χ4v) is 6.54. The number of hydrogen-bond donors (Lipinski definition) is 3. The van der Waals surface area contributed by atoms with Crippen molar-refractivity contribution >= 4 is 31.9 Å². The van der Waals surface area contributed by atoms with Crippen LogP contribution in [-0.2, 0) is 19.1 Å². The molecule has 0 radical (unpaired) electrons. The molecule has 2 fully saturated rings. The minimum atomic E-state index is -1.81. The van der Waals surface area contributed by atoms with Crippen molar-refractivity contribution in [2.24, 2.45) is 11.7 Å². The topological polar surface area (TPSA) is 131 Å². The fourth-order valence-electron chi connectivity index (χ4n) is 3.68. The van der Waals surface area contributed by atoms with Crippen molar-refractivity contribution in [1.29, 1.82) is 0 Å². The zero-order chi connectivity index (χ0) is 21.3. The third kappa shape index (κ3) is 5.70. The van der Waals surface area contributed by atoms with Gasteiger partial charge in [0.25, 0.3) is 0 Å². The quantitative estimate of drug-likeness (QED) is 0.561. The number of carbonyl (C=O) groups excluding carboxylic acids is 4. The van der Waals surface area contributed by atoms with Crippen LogP contribution in [0.1, 0.15) is 33.6 Å². The molecule has 158 valence electrons. The molecular weight excluding hydrogens is 380 g/mol. The molecular formula is C18H32N4O5Si. The Morgan fingerprint density at radius 2 is 2.00 bits per heavy atom. The second-order valence-corrected chi connectivity index (χ2v) is 14.5. The summed E-state index contributed by atoms with van der Waals surface area (Å²) in [6.07, 6.45) is 0.738. The third-order valence-corrected chi connectivity index (χ3v) is 7.68. The van der Waals surface area contributed by atoms with E-state index in [0.717, 1.165) is 0 Å². The first kappa shape index (κ1) is 22.2. The van der Waals surface area contributed by atoms with Gasteiger partial charge in [-0.05, 0) is 39.7 Å². The van der Waals surface area contributed by atoms with E-state index in [-0.39, 0.29) is 18.2 Å². The van der Waals surface area contributed by atoms with Gasteiger partial charge in [0.05, 0.1) is 8.07 Å². The first-order valence-electron chi connectivity index (χ1n) is 9.66. The van der Waals surface area contributed by atoms with E-state index in [2.05, 4.69) is 23.7 Å². The van der Waals surface area contributed by atoms with Crippen molar-refractivity contribution in [3.63, 3.8) is 0 Å². The van der Waals surface area contributed by atoms with Gasteiger partial charge in [-0.15, -0.1) is 0 Å². The van der Waals surface area contributed by atoms with E-state index >= 15 is 0 Å². The van der Waals surface area contributed by atoms with Gasteiger partial charge in [-0.1, -0.05) is 13.1 Å². The summed E-state index contributed by atoms with van der Waals surface area (Å²) < 4.78 is 5.45. The molecule has 28 heavy (non-hydrogen) atoms. The highest BCUT2D eigenvalue weighted by Crippen LogP contribution is 2.29. The summed E-state index contributed by atoms with van der Waals surface area (Å²) in [6, 6.07) is -1.07. The summed E-state index contributed by atoms with van der Waals surface area (Å²) in [5.74, 6) is -1.60. The van der Waals surface area contributed by atoms with Crippen LogP contribution in [0, 0.1) is 5.92 Å². The Labute approximate surface area is 166 Å². The van der Waals surface area contributed by atoms with Gasteiger partial charge in [0.15, 0.2) is 0 Å². The SMILES string of the molecule is CC(C)(C)OC(=O)N1C[Si](C)(C)C[C@@H]1C(=O)N[C@@H](C[C@@H]1CCNC1=O)C(N)=O. The van der Waals surface area contributed by atoms with Crippen molar-refractivity contribution in [3.8, 4) is 0 Å². The number of amides is 4. The molecule has 0 bridgehead atoms. The number of rotatable bonds is 5. The number of hydrogen-bond acceptors (Lipinski definition) is 5. The van der Waals surface area contributed by atoms with E-state index in [0.29, 0.717) is 25.2 Å². The maximum Gasteiger partial charge on any atom is 0.410 e. The molecule has 2 aliphatic rings. The average molecular weight is 413 g/mol. The molecule has 2 aliphatic heterocycles. The van der Waals surface area contributed by atoms with Gasteiger partial charge in [-0.3, -0.25) is 19.3 Å². The fraction of sp³-hybridized carbons (Fsp3) is 0.778. The Morgan fingerprint density at radius 1 is 1.36 bits per heavy atom. The maximum atomic E-state index is 12.9. The molecule has 3 atom stereocenters. The number of ether oxygens (including phenoxy) is 1. The molecule has 9 nitrogen and oxygen atoms in total. The molecule has 0 aromatic heterocycles. The second kappa shape index (κ2) is 8.10. The van der Waals surface area contributed by atoms with Crippen LogP contribution in [0.5, 0.6) is 0 Å². The second-order valence-electron chi connectivity index (χ2n) is 9.47. The van der Waals surface area contributed by atoms with E-state index in [1.54, 1.807) is 20.8 Å². The highest BCUT2D eigenvalue weighted by Gasteiger charge is 2.47. The highest BCUT2D eigenvalue weighted by atomic mass is 28.3. The molecule has 0 saturated carbocycles. The van der Waals surface area contributed by atoms with Crippen molar-refractivity contribution < 1.29 is 23.9 Å². The Hall–Kier alpha value is -2.10. The average Bonchev–Trinajstić information content (AvgIpc) is 3.07. The molecule has 4 amide bonds. The van der Waals surface area contributed by atoms with E-state index in [4.69, 9.17) is 10.5 Å². The predicted octanol–water partition coefficient (Wildman–Crippen LogP) is 0.350. The van der Waals surface area contributed by atoms with Gasteiger partial charge in [0.2, 0.25) is 17.7 Å². The lowest BCUT2D eigenvalue weighted by molar-refractivity contribution is -0.131. The first-order chi connectivity index (χ1) is 12.8. The smallest absolute Gasteiger partial charge is 0.410 e. The van der Waals surface area contributed by atoms with Crippen molar-refractivity contribution in [2.75, 3.05) is 12.7 Å². The largest absolute Gasteiger partial charge is 0.444 e. The normalized spacial score (nSPS) is 25.2. The molecule has 0 unspecified atom stereocenters. The van der Waals surface area contributed by atoms with Crippen molar-refractivity contribution in [2.45, 2.75) is 70.4 Å². The van der Waals surface area contributed by atoms with Crippen LogP contribution in [0.25, 0.3) is 0 Å². The van der Waals surface area contributed by atoms with Crippen LogP contribution >= 0.6 is 0 Å². The summed E-state index contributed by atoms with van der Waals surface area (Å²) in [4.78, 5) is 50.7. The minimum Gasteiger partial charge on any atom is -0.444 e. The third-order valence-electron chi connectivity index (χ3n) is 4.99. The lowest BCUT2D eigenvalue weighted by Gasteiger charge is -2.29. The Bertz CT molecular complexity index is 661. The Morgan fingerprint density at radius 3 is 2.50 bits per heavy atom. The van der Waals surface area contributed by atoms with Gasteiger partial charge in [0, 0.05) is 18.6 Å². The monoisotopic (exact) mass is 412 g/mol. The minimum absolute atomic E-state index is 0.134. The van der Waals surface area contributed by atoms with Crippen LogP contribution in [0.3, 0.4) is 0 Å². The number of carbonyl (C=O) groups is 4. The van der Waals surface area contributed by atoms with Gasteiger partial charge in [0.1, 0.15) is 17.7 Å². The molecule has 4 N–H and O–H groups in total. The zero-order valence-corrected chi connectivity index (χ0v) is 18.3. The van der Waals surface area contributed by atoms with Gasteiger partial charge >= 0.3 is 6.09 Å². The summed E-state index contributed by atoms with van der Waals surface area (Å²) in [6.45, 7) is 10.1. The Balaban J connectivity index is 2.10. The molecule has 0 aromatic rings. The molecule has 0 aliphatic carbocycles. The van der Waals surface area contributed by atoms with Gasteiger partial charge in [-0.25, -0.2) is 4.79 Å². The summed E-state index contributed by atoms with van der Waals surface area (Å²) in [5, 5.41) is 5.38. The summed E-state index contributed by atoms with van der Waals surface area (Å²) >= 11 is 0. The number of nitrogens with two attached hydrogens (primary N) is 1. The van der Waals surface area contributed by atoms with Crippen LogP contribution in [-0.4, -0.2) is 67.2 Å². The van der Waals surface area contributed by atoms with Crippen LogP contribution < -0.4 is 16.4 Å². The molecule has 10 heteroatoms. The molecule has 0 spiro atoms. The van der Waals surface area contributed by atoms with Crippen LogP contribution in [0.4, 0.5) is 4.79 Å². The van der Waals surface area contributed by atoms with Crippen molar-refractivity contribution in [3.05, 3.63) is 0 Å². The standard InChI is InChI=1S/C18H32N4O5Si/c1-18(2,3)27-17(26)22-10-28(4,5)9-13(22)16(25)21-12(14(19)23)8-11-6-7-20-15(11)24/h11-13H,6-10H2,1-5H3,(H2,19,23)(H,20,24)(H,21,25)/t11-,12-,13+/m0/s1. The van der Waals surface area contributed by atoms with Crippen LogP contribution in [0.15, 0.2) is 0 Å². The highest BCUT2D eigenvalue weighted by molar-refractivity contribution is 6.79.